The van der Waals surface area contributed by atoms with Gasteiger partial charge >= 0.3 is 0 Å². The van der Waals surface area contributed by atoms with Gasteiger partial charge in [-0.3, -0.25) is 9.62 Å². The molecule has 1 N–H and O–H groups in total. The summed E-state index contributed by atoms with van der Waals surface area (Å²) in [4.78, 5) is 2.66. The summed E-state index contributed by atoms with van der Waals surface area (Å²) in [5.74, 6) is 1.06. The average Bonchev–Trinajstić information content (AvgIpc) is 3.43. The fourth-order valence-corrected chi connectivity index (χ4v) is 7.36. The van der Waals surface area contributed by atoms with Crippen molar-refractivity contribution in [2.45, 2.75) is 82.1 Å². The molecule has 1 saturated carbocycles. The highest BCUT2D eigenvalue weighted by atomic mass is 32.2. The lowest BCUT2D eigenvalue weighted by molar-refractivity contribution is 0.0595. The molecular weight excluding hydrogens is 487 g/mol. The summed E-state index contributed by atoms with van der Waals surface area (Å²) in [6, 6.07) is 10.2. The smallest absolute Gasteiger partial charge is 0.261 e. The second-order valence-corrected chi connectivity index (χ2v) is 12.9. The first-order chi connectivity index (χ1) is 18.0. The van der Waals surface area contributed by atoms with Gasteiger partial charge in [-0.25, -0.2) is 12.8 Å². The van der Waals surface area contributed by atoms with Gasteiger partial charge in [0.1, 0.15) is 5.82 Å². The Morgan fingerprint density at radius 3 is 2.51 bits per heavy atom. The molecule has 0 bridgehead atoms. The summed E-state index contributed by atoms with van der Waals surface area (Å²) in [5, 5.41) is 0. The molecule has 202 valence electrons. The fraction of sp³-hybridized carbons (Fsp3) is 0.600. The van der Waals surface area contributed by atoms with Crippen molar-refractivity contribution >= 4 is 15.7 Å². The van der Waals surface area contributed by atoms with Gasteiger partial charge in [0.25, 0.3) is 10.0 Å². The zero-order chi connectivity index (χ0) is 25.7. The Morgan fingerprint density at radius 2 is 1.73 bits per heavy atom. The Balaban J connectivity index is 1.16. The molecule has 3 aliphatic rings. The molecule has 2 aromatic rings. The number of hydrogen-bond acceptors (Lipinski definition) is 4. The van der Waals surface area contributed by atoms with Gasteiger partial charge in [-0.2, -0.15) is 0 Å². The van der Waals surface area contributed by atoms with Crippen LogP contribution in [0.3, 0.4) is 0 Å². The maximum atomic E-state index is 14.8. The van der Waals surface area contributed by atoms with Crippen molar-refractivity contribution < 1.29 is 17.5 Å². The van der Waals surface area contributed by atoms with E-state index in [4.69, 9.17) is 4.74 Å². The Hall–Kier alpha value is -1.96. The third-order valence-electron chi connectivity index (χ3n) is 8.60. The fourth-order valence-electron chi connectivity index (χ4n) is 6.24. The van der Waals surface area contributed by atoms with E-state index in [9.17, 15) is 12.8 Å². The average molecular weight is 529 g/mol. The first kappa shape index (κ1) is 26.6. The minimum Gasteiger partial charge on any atom is -0.381 e. The van der Waals surface area contributed by atoms with Gasteiger partial charge in [0.05, 0.1) is 10.6 Å². The van der Waals surface area contributed by atoms with Gasteiger partial charge in [0, 0.05) is 26.3 Å². The van der Waals surface area contributed by atoms with Crippen LogP contribution in [0, 0.1) is 17.7 Å². The van der Waals surface area contributed by atoms with Crippen LogP contribution >= 0.6 is 0 Å². The SMILES string of the molecule is O=S(=O)(Nc1ccc(CCCC2CCCC2)cc1F)c1ccc2c(c1)CCN(CCC1CCOCC1)C2. The van der Waals surface area contributed by atoms with Crippen molar-refractivity contribution in [1.82, 2.24) is 4.90 Å². The third kappa shape index (κ3) is 7.12. The van der Waals surface area contributed by atoms with Crippen LogP contribution in [0.15, 0.2) is 41.3 Å². The maximum absolute atomic E-state index is 14.8. The van der Waals surface area contributed by atoms with Crippen LogP contribution in [0.4, 0.5) is 10.1 Å². The Kier molecular flexibility index (Phi) is 8.83. The standard InChI is InChI=1S/C30H41FN2O3S/c31-29-20-25(7-3-6-23-4-1-2-5-23)8-11-30(29)32-37(34,35)28-10-9-27-22-33(17-13-26(27)21-28)16-12-24-14-18-36-19-15-24/h8-11,20-21,23-24,32H,1-7,12-19,22H2. The molecule has 0 aromatic heterocycles. The predicted molar refractivity (Wildman–Crippen MR) is 146 cm³/mol. The normalized spacial score (nSPS) is 19.7. The van der Waals surface area contributed by atoms with Crippen LogP contribution in [-0.2, 0) is 34.1 Å². The van der Waals surface area contributed by atoms with E-state index < -0.39 is 15.8 Å². The molecule has 0 atom stereocenters. The number of benzene rings is 2. The first-order valence-electron chi connectivity index (χ1n) is 14.2. The molecule has 0 unspecified atom stereocenters. The number of nitrogens with one attached hydrogen (secondary N) is 1. The molecular formula is C30H41FN2O3S. The largest absolute Gasteiger partial charge is 0.381 e. The molecule has 2 fully saturated rings. The van der Waals surface area contributed by atoms with Gasteiger partial charge in [0.2, 0.25) is 0 Å². The van der Waals surface area contributed by atoms with Gasteiger partial charge in [-0.1, -0.05) is 44.2 Å². The highest BCUT2D eigenvalue weighted by molar-refractivity contribution is 7.92. The van der Waals surface area contributed by atoms with Crippen LogP contribution in [-0.4, -0.2) is 39.6 Å². The number of anilines is 1. The van der Waals surface area contributed by atoms with Crippen LogP contribution in [0.5, 0.6) is 0 Å². The zero-order valence-electron chi connectivity index (χ0n) is 21.9. The molecule has 1 aliphatic carbocycles. The van der Waals surface area contributed by atoms with Crippen LogP contribution in [0.1, 0.15) is 74.5 Å². The van der Waals surface area contributed by atoms with Gasteiger partial charge in [0.15, 0.2) is 0 Å². The minimum absolute atomic E-state index is 0.0107. The van der Waals surface area contributed by atoms with Gasteiger partial charge in [-0.15, -0.1) is 0 Å². The summed E-state index contributed by atoms with van der Waals surface area (Å²) >= 11 is 0. The van der Waals surface area contributed by atoms with E-state index in [-0.39, 0.29) is 10.6 Å². The van der Waals surface area contributed by atoms with E-state index in [0.717, 1.165) is 87.9 Å². The van der Waals surface area contributed by atoms with Crippen molar-refractivity contribution in [3.8, 4) is 0 Å². The van der Waals surface area contributed by atoms with E-state index in [1.807, 2.05) is 12.1 Å². The Labute approximate surface area is 221 Å². The van der Waals surface area contributed by atoms with E-state index in [1.165, 1.54) is 50.2 Å². The molecule has 0 amide bonds. The monoisotopic (exact) mass is 528 g/mol. The molecule has 0 radical (unpaired) electrons. The summed E-state index contributed by atoms with van der Waals surface area (Å²) in [7, 11) is -3.86. The van der Waals surface area contributed by atoms with E-state index in [1.54, 1.807) is 18.2 Å². The van der Waals surface area contributed by atoms with Crippen molar-refractivity contribution in [1.29, 1.82) is 0 Å². The summed E-state index contributed by atoms with van der Waals surface area (Å²) in [6.45, 7) is 4.62. The zero-order valence-corrected chi connectivity index (χ0v) is 22.7. The summed E-state index contributed by atoms with van der Waals surface area (Å²) in [5.41, 5.74) is 3.19. The number of aryl methyl sites for hydroxylation is 1. The van der Waals surface area contributed by atoms with Crippen molar-refractivity contribution in [2.24, 2.45) is 11.8 Å². The molecule has 2 heterocycles. The quantitative estimate of drug-likeness (QED) is 0.392. The van der Waals surface area contributed by atoms with Crippen molar-refractivity contribution in [2.75, 3.05) is 31.0 Å². The number of nitrogens with zero attached hydrogens (tertiary/aromatic N) is 1. The molecule has 2 aliphatic heterocycles. The summed E-state index contributed by atoms with van der Waals surface area (Å²) in [6.07, 6.45) is 12.7. The predicted octanol–water partition coefficient (Wildman–Crippen LogP) is 6.31. The molecule has 5 nitrogen and oxygen atoms in total. The van der Waals surface area contributed by atoms with Gasteiger partial charge in [-0.05, 0) is 97.9 Å². The van der Waals surface area contributed by atoms with E-state index in [0.29, 0.717) is 0 Å². The Bertz CT molecular complexity index is 1160. The third-order valence-corrected chi connectivity index (χ3v) is 9.97. The maximum Gasteiger partial charge on any atom is 0.261 e. The molecule has 0 spiro atoms. The second-order valence-electron chi connectivity index (χ2n) is 11.3. The molecule has 2 aromatic carbocycles. The highest BCUT2D eigenvalue weighted by Crippen LogP contribution is 2.30. The van der Waals surface area contributed by atoms with Crippen LogP contribution in [0.25, 0.3) is 0 Å². The lowest BCUT2D eigenvalue weighted by Gasteiger charge is -2.31. The molecule has 7 heteroatoms. The second kappa shape index (κ2) is 12.3. The lowest BCUT2D eigenvalue weighted by atomic mass is 9.95. The van der Waals surface area contributed by atoms with E-state index in [2.05, 4.69) is 9.62 Å². The number of rotatable bonds is 10. The number of fused-ring (bicyclic) bond motifs is 1. The van der Waals surface area contributed by atoms with Crippen molar-refractivity contribution in [3.05, 3.63) is 58.9 Å². The van der Waals surface area contributed by atoms with Crippen LogP contribution in [0.2, 0.25) is 0 Å². The lowest BCUT2D eigenvalue weighted by Crippen LogP contribution is -2.33. The highest BCUT2D eigenvalue weighted by Gasteiger charge is 2.23. The van der Waals surface area contributed by atoms with E-state index >= 15 is 0 Å². The number of hydrogen-bond donors (Lipinski definition) is 1. The molecule has 5 rings (SSSR count). The van der Waals surface area contributed by atoms with Crippen LogP contribution < -0.4 is 4.72 Å². The van der Waals surface area contributed by atoms with Gasteiger partial charge < -0.3 is 4.74 Å². The Morgan fingerprint density at radius 1 is 0.946 bits per heavy atom. The minimum atomic E-state index is -3.86. The number of halogens is 1. The summed E-state index contributed by atoms with van der Waals surface area (Å²) < 4.78 is 48.9. The van der Waals surface area contributed by atoms with Crippen molar-refractivity contribution in [3.63, 3.8) is 0 Å². The number of sulfonamides is 1. The molecule has 37 heavy (non-hydrogen) atoms. The first-order valence-corrected chi connectivity index (χ1v) is 15.7. The molecule has 1 saturated heterocycles. The number of ether oxygens (including phenoxy) is 1. The topological polar surface area (TPSA) is 58.6 Å².